The highest BCUT2D eigenvalue weighted by Crippen LogP contribution is 2.20. The van der Waals surface area contributed by atoms with Crippen LogP contribution in [0.4, 0.5) is 0 Å². The Balaban J connectivity index is 1.60. The molecule has 1 aliphatic heterocycles. The van der Waals surface area contributed by atoms with E-state index in [9.17, 15) is 9.90 Å². The second-order valence-corrected chi connectivity index (χ2v) is 6.26. The van der Waals surface area contributed by atoms with Crippen molar-refractivity contribution in [3.8, 4) is 11.3 Å². The van der Waals surface area contributed by atoms with Gasteiger partial charge in [-0.3, -0.25) is 14.6 Å². The fraction of sp³-hybridized carbons (Fsp3) is 0.389. The second kappa shape index (κ2) is 7.61. The van der Waals surface area contributed by atoms with Gasteiger partial charge in [-0.1, -0.05) is 24.3 Å². The quantitative estimate of drug-likeness (QED) is 0.852. The number of carbonyl (C=O) groups is 1. The van der Waals surface area contributed by atoms with Crippen LogP contribution in [0, 0.1) is 0 Å². The molecule has 1 amide bonds. The van der Waals surface area contributed by atoms with Crippen LogP contribution in [0.2, 0.25) is 0 Å². The molecule has 6 heteroatoms. The number of hydrogen-bond acceptors (Lipinski definition) is 5. The maximum absolute atomic E-state index is 11.1. The molecule has 0 spiro atoms. The topological polar surface area (TPSA) is 82.9 Å². The summed E-state index contributed by atoms with van der Waals surface area (Å²) in [5, 5.41) is 10.1. The Labute approximate surface area is 141 Å². The molecule has 3 N–H and O–H groups in total. The molecular formula is C18H23N3O3. The number of aliphatic hydroxyl groups is 1. The number of furan rings is 1. The number of rotatable bonds is 5. The molecule has 1 fully saturated rings. The van der Waals surface area contributed by atoms with Gasteiger partial charge in [0.1, 0.15) is 5.76 Å². The van der Waals surface area contributed by atoms with Gasteiger partial charge in [0.25, 0.3) is 0 Å². The molecule has 0 bridgehead atoms. The molecule has 1 aromatic heterocycles. The summed E-state index contributed by atoms with van der Waals surface area (Å²) in [6.45, 7) is 3.56. The maximum Gasteiger partial charge on any atom is 0.231 e. The van der Waals surface area contributed by atoms with Crippen LogP contribution in [0.15, 0.2) is 47.1 Å². The van der Waals surface area contributed by atoms with Crippen LogP contribution in [0.3, 0.4) is 0 Å². The lowest BCUT2D eigenvalue weighted by Crippen LogP contribution is -2.38. The van der Waals surface area contributed by atoms with Gasteiger partial charge >= 0.3 is 0 Å². The van der Waals surface area contributed by atoms with Gasteiger partial charge in [0.2, 0.25) is 5.91 Å². The van der Waals surface area contributed by atoms with Gasteiger partial charge in [-0.2, -0.15) is 0 Å². The average Bonchev–Trinajstić information content (AvgIpc) is 3.01. The van der Waals surface area contributed by atoms with E-state index in [1.54, 1.807) is 6.26 Å². The van der Waals surface area contributed by atoms with E-state index in [0.29, 0.717) is 13.1 Å². The van der Waals surface area contributed by atoms with E-state index < -0.39 is 6.10 Å². The molecule has 2 heterocycles. The highest BCUT2D eigenvalue weighted by Gasteiger charge is 2.22. The van der Waals surface area contributed by atoms with Crippen LogP contribution in [0.25, 0.3) is 11.3 Å². The standard InChI is InChI=1S/C18H23N3O3/c19-18(23)13-21-8-7-20(11-16(22)12-21)10-14-3-5-15(6-4-14)17-2-1-9-24-17/h1-6,9,16,22H,7-8,10-13H2,(H2,19,23). The van der Waals surface area contributed by atoms with Gasteiger partial charge in [-0.05, 0) is 17.7 Å². The first-order valence-electron chi connectivity index (χ1n) is 8.14. The van der Waals surface area contributed by atoms with E-state index in [2.05, 4.69) is 17.0 Å². The van der Waals surface area contributed by atoms with Crippen molar-refractivity contribution in [2.75, 3.05) is 32.7 Å². The Bertz CT molecular complexity index is 655. The summed E-state index contributed by atoms with van der Waals surface area (Å²) in [6, 6.07) is 12.1. The Morgan fingerprint density at radius 3 is 2.54 bits per heavy atom. The number of benzene rings is 1. The number of hydrogen-bond donors (Lipinski definition) is 2. The summed E-state index contributed by atoms with van der Waals surface area (Å²) in [7, 11) is 0. The van der Waals surface area contributed by atoms with E-state index in [0.717, 1.165) is 31.0 Å². The first-order chi connectivity index (χ1) is 11.6. The lowest BCUT2D eigenvalue weighted by molar-refractivity contribution is -0.119. The summed E-state index contributed by atoms with van der Waals surface area (Å²) in [5.74, 6) is 0.498. The van der Waals surface area contributed by atoms with Gasteiger partial charge in [0.15, 0.2) is 0 Å². The fourth-order valence-electron chi connectivity index (χ4n) is 3.10. The third-order valence-electron chi connectivity index (χ3n) is 4.22. The third kappa shape index (κ3) is 4.44. The van der Waals surface area contributed by atoms with Crippen LogP contribution in [-0.4, -0.2) is 59.6 Å². The first-order valence-corrected chi connectivity index (χ1v) is 8.14. The summed E-state index contributed by atoms with van der Waals surface area (Å²) in [5.41, 5.74) is 7.48. The van der Waals surface area contributed by atoms with Gasteiger partial charge in [-0.25, -0.2) is 0 Å². The van der Waals surface area contributed by atoms with E-state index in [-0.39, 0.29) is 12.5 Å². The molecule has 1 saturated heterocycles. The first kappa shape index (κ1) is 16.7. The predicted octanol–water partition coefficient (Wildman–Crippen LogP) is 0.910. The molecule has 1 aliphatic rings. The molecule has 3 rings (SSSR count). The zero-order valence-electron chi connectivity index (χ0n) is 13.6. The molecule has 1 unspecified atom stereocenters. The Morgan fingerprint density at radius 2 is 1.88 bits per heavy atom. The molecule has 1 atom stereocenters. The number of aliphatic hydroxyl groups excluding tert-OH is 1. The largest absolute Gasteiger partial charge is 0.464 e. The van der Waals surface area contributed by atoms with E-state index in [4.69, 9.17) is 10.2 Å². The van der Waals surface area contributed by atoms with Gasteiger partial charge in [0.05, 0.1) is 18.9 Å². The van der Waals surface area contributed by atoms with Gasteiger partial charge < -0.3 is 15.3 Å². The summed E-state index contributed by atoms with van der Waals surface area (Å²) < 4.78 is 5.40. The maximum atomic E-state index is 11.1. The van der Waals surface area contributed by atoms with E-state index in [1.165, 1.54) is 5.56 Å². The molecule has 6 nitrogen and oxygen atoms in total. The zero-order chi connectivity index (χ0) is 16.9. The van der Waals surface area contributed by atoms with Crippen LogP contribution in [0.1, 0.15) is 5.56 Å². The number of carbonyl (C=O) groups excluding carboxylic acids is 1. The number of nitrogens with zero attached hydrogens (tertiary/aromatic N) is 2. The van der Waals surface area contributed by atoms with Crippen LogP contribution >= 0.6 is 0 Å². The lowest BCUT2D eigenvalue weighted by Gasteiger charge is -2.21. The van der Waals surface area contributed by atoms with Crippen molar-refractivity contribution in [2.45, 2.75) is 12.6 Å². The lowest BCUT2D eigenvalue weighted by atomic mass is 10.1. The highest BCUT2D eigenvalue weighted by molar-refractivity contribution is 5.75. The van der Waals surface area contributed by atoms with Crippen molar-refractivity contribution in [1.82, 2.24) is 9.80 Å². The molecule has 1 aromatic carbocycles. The van der Waals surface area contributed by atoms with Crippen LogP contribution < -0.4 is 5.73 Å². The minimum atomic E-state index is -0.478. The minimum Gasteiger partial charge on any atom is -0.464 e. The van der Waals surface area contributed by atoms with Crippen molar-refractivity contribution in [2.24, 2.45) is 5.73 Å². The van der Waals surface area contributed by atoms with Crippen LogP contribution in [-0.2, 0) is 11.3 Å². The summed E-state index contributed by atoms with van der Waals surface area (Å²) >= 11 is 0. The van der Waals surface area contributed by atoms with E-state index >= 15 is 0 Å². The van der Waals surface area contributed by atoms with E-state index in [1.807, 2.05) is 29.2 Å². The number of nitrogens with two attached hydrogens (primary N) is 1. The predicted molar refractivity (Wildman–Crippen MR) is 91.1 cm³/mol. The molecule has 24 heavy (non-hydrogen) atoms. The normalized spacial score (nSPS) is 20.0. The molecule has 2 aromatic rings. The highest BCUT2D eigenvalue weighted by atomic mass is 16.3. The Hall–Kier alpha value is -2.15. The monoisotopic (exact) mass is 329 g/mol. The van der Waals surface area contributed by atoms with Crippen molar-refractivity contribution >= 4 is 5.91 Å². The summed E-state index contributed by atoms with van der Waals surface area (Å²) in [6.07, 6.45) is 1.19. The fourth-order valence-corrected chi connectivity index (χ4v) is 3.10. The van der Waals surface area contributed by atoms with Crippen LogP contribution in [0.5, 0.6) is 0 Å². The molecule has 0 aliphatic carbocycles. The van der Waals surface area contributed by atoms with Crippen molar-refractivity contribution < 1.29 is 14.3 Å². The van der Waals surface area contributed by atoms with Crippen molar-refractivity contribution in [3.63, 3.8) is 0 Å². The van der Waals surface area contributed by atoms with Gasteiger partial charge in [-0.15, -0.1) is 0 Å². The molecular weight excluding hydrogens is 306 g/mol. The van der Waals surface area contributed by atoms with Gasteiger partial charge in [0, 0.05) is 38.3 Å². The minimum absolute atomic E-state index is 0.197. The molecule has 0 saturated carbocycles. The molecule has 0 radical (unpaired) electrons. The number of β-amino-alcohol motifs (C(OH)–C–C–N with tert-alkyl or cyclic N) is 1. The average molecular weight is 329 g/mol. The second-order valence-electron chi connectivity index (χ2n) is 6.26. The smallest absolute Gasteiger partial charge is 0.231 e. The number of primary amides is 1. The summed E-state index contributed by atoms with van der Waals surface area (Å²) in [4.78, 5) is 15.2. The van der Waals surface area contributed by atoms with Crippen molar-refractivity contribution in [3.05, 3.63) is 48.2 Å². The Morgan fingerprint density at radius 1 is 1.17 bits per heavy atom. The van der Waals surface area contributed by atoms with Crippen molar-refractivity contribution in [1.29, 1.82) is 0 Å². The Kier molecular flexibility index (Phi) is 5.30. The third-order valence-corrected chi connectivity index (χ3v) is 4.22. The zero-order valence-corrected chi connectivity index (χ0v) is 13.6. The number of amides is 1. The molecule has 128 valence electrons. The SMILES string of the molecule is NC(=O)CN1CCN(Cc2ccc(-c3ccco3)cc2)CC(O)C1.